The molecule has 1 N–H and O–H groups in total. The van der Waals surface area contributed by atoms with Crippen LogP contribution in [0.4, 0.5) is 0 Å². The lowest BCUT2D eigenvalue weighted by atomic mass is 10.2. The molecule has 4 heteroatoms. The van der Waals surface area contributed by atoms with Crippen LogP contribution in [0.25, 0.3) is 0 Å². The molecule has 72 valence electrons. The van der Waals surface area contributed by atoms with E-state index < -0.39 is 0 Å². The molecule has 1 amide bonds. The minimum absolute atomic E-state index is 0.0290. The fourth-order valence-corrected chi connectivity index (χ4v) is 1.38. The summed E-state index contributed by atoms with van der Waals surface area (Å²) in [5.41, 5.74) is 0. The van der Waals surface area contributed by atoms with Gasteiger partial charge in [-0.25, -0.2) is 0 Å². The Labute approximate surface area is 78.5 Å². The smallest absolute Gasteiger partial charge is 0.239 e. The number of carbonyl (C=O) groups is 1. The van der Waals surface area contributed by atoms with Crippen LogP contribution in [-0.2, 0) is 4.79 Å². The number of carbonyl (C=O) groups excluding carboxylic acids is 1. The zero-order valence-corrected chi connectivity index (χ0v) is 8.08. The van der Waals surface area contributed by atoms with Crippen molar-refractivity contribution in [2.75, 3.05) is 20.1 Å². The number of nitriles is 1. The molecular weight excluding hydrogens is 166 g/mol. The number of nitrogens with zero attached hydrogens (tertiary/aromatic N) is 2. The van der Waals surface area contributed by atoms with Gasteiger partial charge in [0.1, 0.15) is 0 Å². The molecule has 1 heterocycles. The predicted octanol–water partition coefficient (Wildman–Crippen LogP) is -0.0336. The van der Waals surface area contributed by atoms with E-state index in [4.69, 9.17) is 5.26 Å². The van der Waals surface area contributed by atoms with Crippen molar-refractivity contribution in [3.8, 4) is 6.07 Å². The second-order valence-electron chi connectivity index (χ2n) is 3.54. The van der Waals surface area contributed by atoms with Crippen molar-refractivity contribution in [2.24, 2.45) is 5.92 Å². The largest absolute Gasteiger partial charge is 0.344 e. The summed E-state index contributed by atoms with van der Waals surface area (Å²) < 4.78 is 0. The molecule has 0 saturated carbocycles. The first-order chi connectivity index (χ1) is 6.15. The lowest BCUT2D eigenvalue weighted by Gasteiger charge is -2.12. The highest BCUT2D eigenvalue weighted by molar-refractivity contribution is 5.83. The summed E-state index contributed by atoms with van der Waals surface area (Å²) in [4.78, 5) is 13.1. The van der Waals surface area contributed by atoms with Crippen LogP contribution >= 0.6 is 0 Å². The zero-order valence-electron chi connectivity index (χ0n) is 8.08. The van der Waals surface area contributed by atoms with Crippen LogP contribution in [-0.4, -0.2) is 37.0 Å². The second-order valence-corrected chi connectivity index (χ2v) is 3.54. The first kappa shape index (κ1) is 10.0. The highest BCUT2D eigenvalue weighted by Crippen LogP contribution is 2.08. The number of hydrogen-bond acceptors (Lipinski definition) is 3. The molecule has 1 saturated heterocycles. The monoisotopic (exact) mass is 181 g/mol. The average molecular weight is 181 g/mol. The van der Waals surface area contributed by atoms with Gasteiger partial charge in [-0.2, -0.15) is 5.26 Å². The van der Waals surface area contributed by atoms with Crippen molar-refractivity contribution in [1.82, 2.24) is 10.2 Å². The summed E-state index contributed by atoms with van der Waals surface area (Å²) in [5, 5.41) is 11.6. The normalized spacial score (nSPS) is 24.5. The van der Waals surface area contributed by atoms with Crippen LogP contribution in [0.5, 0.6) is 0 Å². The number of likely N-dealkylation sites (N-methyl/N-ethyl adjacent to an activating group) is 1. The molecule has 0 aromatic rings. The van der Waals surface area contributed by atoms with Crippen LogP contribution < -0.4 is 5.32 Å². The molecule has 1 fully saturated rings. The topological polar surface area (TPSA) is 56.1 Å². The summed E-state index contributed by atoms with van der Waals surface area (Å²) in [6.07, 6.45) is 0.855. The van der Waals surface area contributed by atoms with Crippen LogP contribution in [0.15, 0.2) is 0 Å². The van der Waals surface area contributed by atoms with Gasteiger partial charge in [0.15, 0.2) is 0 Å². The summed E-state index contributed by atoms with van der Waals surface area (Å²) >= 11 is 0. The third kappa shape index (κ3) is 2.43. The lowest BCUT2D eigenvalue weighted by molar-refractivity contribution is -0.128. The Morgan fingerprint density at radius 2 is 2.54 bits per heavy atom. The molecule has 2 unspecified atom stereocenters. The Bertz CT molecular complexity index is 234. The van der Waals surface area contributed by atoms with Gasteiger partial charge in [-0.3, -0.25) is 4.79 Å². The SMILES string of the molecule is CC(C#N)CNC1CCN(C)C1=O. The molecular formula is C9H15N3O. The van der Waals surface area contributed by atoms with E-state index in [1.807, 2.05) is 6.92 Å². The Kier molecular flexibility index (Phi) is 3.26. The Balaban J connectivity index is 2.31. The van der Waals surface area contributed by atoms with E-state index in [0.29, 0.717) is 6.54 Å². The minimum Gasteiger partial charge on any atom is -0.344 e. The van der Waals surface area contributed by atoms with Crippen LogP contribution in [0.3, 0.4) is 0 Å². The van der Waals surface area contributed by atoms with E-state index in [1.165, 1.54) is 0 Å². The maximum absolute atomic E-state index is 11.4. The Hall–Kier alpha value is -1.08. The Morgan fingerprint density at radius 1 is 1.85 bits per heavy atom. The van der Waals surface area contributed by atoms with Crippen LogP contribution in [0.1, 0.15) is 13.3 Å². The summed E-state index contributed by atoms with van der Waals surface area (Å²) in [6, 6.07) is 2.06. The van der Waals surface area contributed by atoms with Crippen LogP contribution in [0.2, 0.25) is 0 Å². The first-order valence-corrected chi connectivity index (χ1v) is 4.53. The Morgan fingerprint density at radius 3 is 3.00 bits per heavy atom. The molecule has 0 aromatic heterocycles. The van der Waals surface area contributed by atoms with Gasteiger partial charge in [0.2, 0.25) is 5.91 Å². The summed E-state index contributed by atoms with van der Waals surface area (Å²) in [6.45, 7) is 3.26. The van der Waals surface area contributed by atoms with Crippen molar-refractivity contribution >= 4 is 5.91 Å². The third-order valence-electron chi connectivity index (χ3n) is 2.32. The molecule has 0 aliphatic carbocycles. The fraction of sp³-hybridized carbons (Fsp3) is 0.778. The van der Waals surface area contributed by atoms with Crippen molar-refractivity contribution in [1.29, 1.82) is 5.26 Å². The highest BCUT2D eigenvalue weighted by Gasteiger charge is 2.28. The number of rotatable bonds is 3. The van der Waals surface area contributed by atoms with E-state index in [0.717, 1.165) is 13.0 Å². The number of nitrogens with one attached hydrogen (secondary N) is 1. The van der Waals surface area contributed by atoms with Crippen molar-refractivity contribution in [3.63, 3.8) is 0 Å². The molecule has 13 heavy (non-hydrogen) atoms. The number of amides is 1. The molecule has 2 atom stereocenters. The average Bonchev–Trinajstić information content (AvgIpc) is 2.44. The predicted molar refractivity (Wildman–Crippen MR) is 48.8 cm³/mol. The van der Waals surface area contributed by atoms with Gasteiger partial charge in [0, 0.05) is 20.1 Å². The van der Waals surface area contributed by atoms with Gasteiger partial charge in [-0.1, -0.05) is 0 Å². The van der Waals surface area contributed by atoms with Gasteiger partial charge in [-0.15, -0.1) is 0 Å². The molecule has 1 aliphatic heterocycles. The van der Waals surface area contributed by atoms with E-state index >= 15 is 0 Å². The number of likely N-dealkylation sites (tertiary alicyclic amines) is 1. The van der Waals surface area contributed by atoms with Gasteiger partial charge < -0.3 is 10.2 Å². The van der Waals surface area contributed by atoms with E-state index in [1.54, 1.807) is 11.9 Å². The van der Waals surface area contributed by atoms with Gasteiger partial charge in [-0.05, 0) is 13.3 Å². The molecule has 1 rings (SSSR count). The maximum atomic E-state index is 11.4. The number of hydrogen-bond donors (Lipinski definition) is 1. The second kappa shape index (κ2) is 4.24. The van der Waals surface area contributed by atoms with Crippen molar-refractivity contribution in [3.05, 3.63) is 0 Å². The summed E-state index contributed by atoms with van der Waals surface area (Å²) in [7, 11) is 1.80. The van der Waals surface area contributed by atoms with Crippen LogP contribution in [0, 0.1) is 17.2 Å². The molecule has 0 bridgehead atoms. The minimum atomic E-state index is -0.0687. The van der Waals surface area contributed by atoms with Gasteiger partial charge in [0.25, 0.3) is 0 Å². The molecule has 0 aromatic carbocycles. The maximum Gasteiger partial charge on any atom is 0.239 e. The summed E-state index contributed by atoms with van der Waals surface area (Å²) in [5.74, 6) is 0.115. The standard InChI is InChI=1S/C9H15N3O/c1-7(5-10)6-11-8-3-4-12(2)9(8)13/h7-8,11H,3-4,6H2,1-2H3. The molecule has 4 nitrogen and oxygen atoms in total. The lowest BCUT2D eigenvalue weighted by Crippen LogP contribution is -2.38. The molecule has 0 radical (unpaired) electrons. The van der Waals surface area contributed by atoms with Gasteiger partial charge >= 0.3 is 0 Å². The first-order valence-electron chi connectivity index (χ1n) is 4.53. The van der Waals surface area contributed by atoms with Crippen molar-refractivity contribution in [2.45, 2.75) is 19.4 Å². The van der Waals surface area contributed by atoms with Gasteiger partial charge in [0.05, 0.1) is 18.0 Å². The zero-order chi connectivity index (χ0) is 9.84. The van der Waals surface area contributed by atoms with E-state index in [9.17, 15) is 4.79 Å². The molecule has 1 aliphatic rings. The quantitative estimate of drug-likeness (QED) is 0.665. The van der Waals surface area contributed by atoms with Crippen molar-refractivity contribution < 1.29 is 4.79 Å². The molecule has 0 spiro atoms. The van der Waals surface area contributed by atoms with E-state index in [2.05, 4.69) is 11.4 Å². The fourth-order valence-electron chi connectivity index (χ4n) is 1.38. The highest BCUT2D eigenvalue weighted by atomic mass is 16.2. The van der Waals surface area contributed by atoms with E-state index in [-0.39, 0.29) is 17.9 Å². The third-order valence-corrected chi connectivity index (χ3v) is 2.32.